The molecular formula is C19H20N2O8S2. The van der Waals surface area contributed by atoms with E-state index in [0.717, 1.165) is 29.3 Å². The van der Waals surface area contributed by atoms with Gasteiger partial charge in [0.05, 0.1) is 5.25 Å². The van der Waals surface area contributed by atoms with E-state index in [0.29, 0.717) is 17.9 Å². The third kappa shape index (κ3) is 8.84. The van der Waals surface area contributed by atoms with Crippen molar-refractivity contribution in [1.29, 1.82) is 0 Å². The van der Waals surface area contributed by atoms with Crippen LogP contribution in [0.1, 0.15) is 28.5 Å². The fourth-order valence-electron chi connectivity index (χ4n) is 2.48. The molecule has 166 valence electrons. The molecular weight excluding hydrogens is 448 g/mol. The average Bonchev–Trinajstić information content (AvgIpc) is 3.02. The van der Waals surface area contributed by atoms with Gasteiger partial charge in [-0.3, -0.25) is 33.8 Å². The maximum Gasteiger partial charge on any atom is 0.394 e. The third-order valence-corrected chi connectivity index (χ3v) is 4.98. The number of rotatable bonds is 7. The van der Waals surface area contributed by atoms with Crippen LogP contribution in [0, 0.1) is 0 Å². The van der Waals surface area contributed by atoms with Gasteiger partial charge in [0.15, 0.2) is 6.61 Å². The van der Waals surface area contributed by atoms with Gasteiger partial charge in [-0.25, -0.2) is 0 Å². The first-order chi connectivity index (χ1) is 14.5. The number of aromatic nitrogens is 1. The molecule has 31 heavy (non-hydrogen) atoms. The highest BCUT2D eigenvalue weighted by Gasteiger charge is 2.31. The number of nitrogens with zero attached hydrogens (tertiary/aromatic N) is 1. The van der Waals surface area contributed by atoms with Crippen LogP contribution in [0.2, 0.25) is 0 Å². The van der Waals surface area contributed by atoms with Crippen LogP contribution < -0.4 is 10.1 Å². The molecule has 1 fully saturated rings. The second kappa shape index (κ2) is 11.0. The number of hydrogen-bond acceptors (Lipinski definition) is 8. The minimum atomic E-state index is -4.67. The normalized spacial score (nSPS) is 15.6. The van der Waals surface area contributed by atoms with E-state index >= 15 is 0 Å². The van der Waals surface area contributed by atoms with Gasteiger partial charge in [-0.15, -0.1) is 0 Å². The minimum Gasteiger partial charge on any atom is -0.485 e. The van der Waals surface area contributed by atoms with Gasteiger partial charge in [0.25, 0.3) is 5.24 Å². The number of thioether (sulfide) groups is 1. The summed E-state index contributed by atoms with van der Waals surface area (Å²) in [4.78, 5) is 39.0. The number of benzene rings is 1. The van der Waals surface area contributed by atoms with E-state index in [1.807, 2.05) is 25.1 Å². The maximum absolute atomic E-state index is 12.1. The summed E-state index contributed by atoms with van der Waals surface area (Å²) in [7, 11) is -4.67. The van der Waals surface area contributed by atoms with Gasteiger partial charge in [-0.2, -0.15) is 8.42 Å². The lowest BCUT2D eigenvalue weighted by atomic mass is 10.1. The Morgan fingerprint density at radius 3 is 2.23 bits per heavy atom. The van der Waals surface area contributed by atoms with Gasteiger partial charge in [0, 0.05) is 6.20 Å². The number of pyridine rings is 1. The summed E-state index contributed by atoms with van der Waals surface area (Å²) in [6.07, 6.45) is 3.04. The lowest BCUT2D eigenvalue weighted by Crippen LogP contribution is -2.25. The molecule has 3 N–H and O–H groups in total. The molecule has 0 radical (unpaired) electrons. The number of aryl methyl sites for hydroxylation is 1. The van der Waals surface area contributed by atoms with Gasteiger partial charge >= 0.3 is 10.4 Å². The fraction of sp³-hybridized carbons (Fsp3) is 0.263. The number of hydrogen-bond donors (Lipinski definition) is 3. The maximum atomic E-state index is 12.1. The molecule has 1 atom stereocenters. The van der Waals surface area contributed by atoms with Crippen molar-refractivity contribution in [2.24, 2.45) is 0 Å². The van der Waals surface area contributed by atoms with E-state index in [4.69, 9.17) is 22.3 Å². The largest absolute Gasteiger partial charge is 0.485 e. The van der Waals surface area contributed by atoms with Crippen LogP contribution in [0.15, 0.2) is 42.6 Å². The van der Waals surface area contributed by atoms with Crippen molar-refractivity contribution in [3.8, 4) is 5.75 Å². The van der Waals surface area contributed by atoms with Gasteiger partial charge in [0.1, 0.15) is 11.4 Å². The highest BCUT2D eigenvalue weighted by atomic mass is 32.3. The van der Waals surface area contributed by atoms with Crippen LogP contribution in [0.25, 0.3) is 0 Å². The Morgan fingerprint density at radius 1 is 1.13 bits per heavy atom. The zero-order valence-electron chi connectivity index (χ0n) is 16.3. The van der Waals surface area contributed by atoms with Crippen molar-refractivity contribution in [3.63, 3.8) is 0 Å². The minimum absolute atomic E-state index is 0.0901. The summed E-state index contributed by atoms with van der Waals surface area (Å²) >= 11 is 1.00. The van der Waals surface area contributed by atoms with Crippen LogP contribution in [-0.2, 0) is 28.0 Å². The fourth-order valence-corrected chi connectivity index (χ4v) is 3.34. The van der Waals surface area contributed by atoms with E-state index in [-0.39, 0.29) is 23.5 Å². The highest BCUT2D eigenvalue weighted by molar-refractivity contribution is 8.15. The van der Waals surface area contributed by atoms with Crippen LogP contribution in [-0.4, -0.2) is 51.3 Å². The molecule has 1 aromatic heterocycles. The van der Waals surface area contributed by atoms with Crippen LogP contribution in [0.5, 0.6) is 5.75 Å². The molecule has 0 saturated carbocycles. The molecule has 1 aliphatic heterocycles. The van der Waals surface area contributed by atoms with E-state index in [2.05, 4.69) is 10.3 Å². The third-order valence-electron chi connectivity index (χ3n) is 4.00. The standard InChI is InChI=1S/C19H18N2O4S.H2O4S/c1-2-12-5-8-15(20-10-12)16(22)11-25-14-6-3-13(4-7-14)9-17-18(23)21-19(24)26-17;1-5(2,3)4/h3-8,10,17H,2,9,11H2,1H3,(H,21,23,24);(H2,1,2,3,4). The summed E-state index contributed by atoms with van der Waals surface area (Å²) in [6, 6.07) is 10.7. The number of imide groups is 1. The van der Waals surface area contributed by atoms with Gasteiger partial charge in [0.2, 0.25) is 11.7 Å². The second-order valence-electron chi connectivity index (χ2n) is 6.30. The molecule has 1 unspecified atom stereocenters. The van der Waals surface area contributed by atoms with Gasteiger partial charge < -0.3 is 4.74 Å². The number of carbonyl (C=O) groups is 3. The highest BCUT2D eigenvalue weighted by Crippen LogP contribution is 2.23. The van der Waals surface area contributed by atoms with Crippen molar-refractivity contribution in [3.05, 3.63) is 59.4 Å². The Hall–Kier alpha value is -2.80. The molecule has 0 bridgehead atoms. The molecule has 2 aromatic rings. The van der Waals surface area contributed by atoms with Crippen LogP contribution in [0.3, 0.4) is 0 Å². The zero-order valence-corrected chi connectivity index (χ0v) is 18.0. The lowest BCUT2D eigenvalue weighted by Gasteiger charge is -2.08. The van der Waals surface area contributed by atoms with Crippen molar-refractivity contribution < 1.29 is 36.6 Å². The number of ketones is 1. The van der Waals surface area contributed by atoms with Gasteiger partial charge in [-0.05, 0) is 42.2 Å². The monoisotopic (exact) mass is 468 g/mol. The molecule has 1 aromatic carbocycles. The summed E-state index contributed by atoms with van der Waals surface area (Å²) in [5.41, 5.74) is 2.38. The molecule has 1 saturated heterocycles. The first-order valence-corrected chi connectivity index (χ1v) is 11.2. The Morgan fingerprint density at radius 2 is 1.74 bits per heavy atom. The number of Topliss-reactive ketones (excluding diaryl/α,β-unsaturated/α-hetero) is 1. The van der Waals surface area contributed by atoms with E-state index in [1.54, 1.807) is 24.4 Å². The molecule has 1 aliphatic rings. The molecule has 2 heterocycles. The number of amides is 2. The SMILES string of the molecule is CCc1ccc(C(=O)COc2ccc(CC3SC(=O)NC3=O)cc2)nc1.O=S(=O)(O)O. The predicted molar refractivity (Wildman–Crippen MR) is 113 cm³/mol. The van der Waals surface area contributed by atoms with Crippen molar-refractivity contribution in [2.45, 2.75) is 25.0 Å². The van der Waals surface area contributed by atoms with Crippen molar-refractivity contribution in [2.75, 3.05) is 6.61 Å². The van der Waals surface area contributed by atoms with E-state index < -0.39 is 15.6 Å². The van der Waals surface area contributed by atoms with E-state index in [1.165, 1.54) is 0 Å². The Labute approximate surface area is 183 Å². The topological polar surface area (TPSA) is 160 Å². The Kier molecular flexibility index (Phi) is 8.68. The van der Waals surface area contributed by atoms with Gasteiger partial charge in [-0.1, -0.05) is 36.9 Å². The van der Waals surface area contributed by atoms with E-state index in [9.17, 15) is 14.4 Å². The average molecular weight is 469 g/mol. The van der Waals surface area contributed by atoms with Crippen molar-refractivity contribution in [1.82, 2.24) is 10.3 Å². The Balaban J connectivity index is 0.000000614. The molecule has 10 nitrogen and oxygen atoms in total. The smallest absolute Gasteiger partial charge is 0.394 e. The Bertz CT molecular complexity index is 1030. The molecule has 0 aliphatic carbocycles. The molecule has 3 rings (SSSR count). The molecule has 12 heteroatoms. The summed E-state index contributed by atoms with van der Waals surface area (Å²) in [5.74, 6) is 0.119. The number of nitrogens with one attached hydrogen (secondary N) is 1. The lowest BCUT2D eigenvalue weighted by molar-refractivity contribution is -0.118. The number of ether oxygens (including phenoxy) is 1. The number of carbonyl (C=O) groups excluding carboxylic acids is 3. The molecule has 2 amide bonds. The summed E-state index contributed by atoms with van der Waals surface area (Å²) < 4.78 is 37.1. The quantitative estimate of drug-likeness (QED) is 0.406. The summed E-state index contributed by atoms with van der Waals surface area (Å²) in [6.45, 7) is 1.94. The second-order valence-corrected chi connectivity index (χ2v) is 8.37. The summed E-state index contributed by atoms with van der Waals surface area (Å²) in [5, 5.41) is 1.57. The van der Waals surface area contributed by atoms with Crippen LogP contribution >= 0.6 is 11.8 Å². The zero-order chi connectivity index (χ0) is 23.0. The van der Waals surface area contributed by atoms with Crippen LogP contribution in [0.4, 0.5) is 4.79 Å². The predicted octanol–water partition coefficient (Wildman–Crippen LogP) is 2.15. The first-order valence-electron chi connectivity index (χ1n) is 8.96. The molecule has 0 spiro atoms. The first kappa shape index (κ1) is 24.5. The van der Waals surface area contributed by atoms with Crippen molar-refractivity contribution >= 4 is 39.1 Å².